The first-order chi connectivity index (χ1) is 12.5. The molecule has 0 bridgehead atoms. The Labute approximate surface area is 147 Å². The minimum atomic E-state index is -0.637. The van der Waals surface area contributed by atoms with E-state index in [1.54, 1.807) is 24.3 Å². The summed E-state index contributed by atoms with van der Waals surface area (Å²) in [5.41, 5.74) is 0.414. The summed E-state index contributed by atoms with van der Waals surface area (Å²) in [6.07, 6.45) is 0. The summed E-state index contributed by atoms with van der Waals surface area (Å²) in [5, 5.41) is 5.64. The molecular formula is C18H16FN3O4. The van der Waals surface area contributed by atoms with Gasteiger partial charge in [0.25, 0.3) is 0 Å². The minimum Gasteiger partial charge on any atom is -0.493 e. The number of carbonyl (C=O) groups is 1. The van der Waals surface area contributed by atoms with Crippen molar-refractivity contribution in [2.75, 3.05) is 24.9 Å². The molecule has 0 atom stereocenters. The van der Waals surface area contributed by atoms with Crippen LogP contribution in [0.25, 0.3) is 10.9 Å². The van der Waals surface area contributed by atoms with Gasteiger partial charge < -0.3 is 25.1 Å². The van der Waals surface area contributed by atoms with Gasteiger partial charge in [-0.3, -0.25) is 4.79 Å². The number of hydrogen-bond acceptors (Lipinski definition) is 4. The zero-order valence-corrected chi connectivity index (χ0v) is 14.1. The highest BCUT2D eigenvalue weighted by atomic mass is 19.1. The van der Waals surface area contributed by atoms with Crippen LogP contribution in [0.15, 0.2) is 47.3 Å². The number of methoxy groups -OCH3 is 2. The number of ether oxygens (including phenoxy) is 2. The standard InChI is InChI=1S/C18H16FN3O4/c1-25-14-5-4-11(9-15(14)26-2)20-18(24)21-12-7-10-3-6-16(23)22-17(10)13(19)8-12/h3-9H,1-2H3,(H,22,23)(H2,20,21,24). The van der Waals surface area contributed by atoms with Crippen molar-refractivity contribution in [3.05, 3.63) is 58.6 Å². The summed E-state index contributed by atoms with van der Waals surface area (Å²) in [6, 6.07) is 9.80. The fourth-order valence-corrected chi connectivity index (χ4v) is 2.50. The second kappa shape index (κ2) is 7.14. The van der Waals surface area contributed by atoms with Gasteiger partial charge in [0.15, 0.2) is 11.5 Å². The zero-order valence-electron chi connectivity index (χ0n) is 14.1. The molecule has 0 fully saturated rings. The Balaban J connectivity index is 1.79. The second-order valence-electron chi connectivity index (χ2n) is 5.39. The summed E-state index contributed by atoms with van der Waals surface area (Å²) in [6.45, 7) is 0. The maximum absolute atomic E-state index is 14.1. The third-order valence-electron chi connectivity index (χ3n) is 3.68. The highest BCUT2D eigenvalue weighted by Gasteiger charge is 2.10. The van der Waals surface area contributed by atoms with E-state index in [9.17, 15) is 14.0 Å². The molecule has 2 aromatic carbocycles. The molecule has 3 rings (SSSR count). The summed E-state index contributed by atoms with van der Waals surface area (Å²) >= 11 is 0. The average molecular weight is 357 g/mol. The number of urea groups is 1. The van der Waals surface area contributed by atoms with Crippen LogP contribution in [0.5, 0.6) is 11.5 Å². The molecule has 0 unspecified atom stereocenters. The van der Waals surface area contributed by atoms with E-state index >= 15 is 0 Å². The SMILES string of the molecule is COc1ccc(NC(=O)Nc2cc(F)c3[nH]c(=O)ccc3c2)cc1OC. The van der Waals surface area contributed by atoms with E-state index in [1.807, 2.05) is 0 Å². The van der Waals surface area contributed by atoms with E-state index in [1.165, 1.54) is 26.4 Å². The largest absolute Gasteiger partial charge is 0.493 e. The number of carbonyl (C=O) groups excluding carboxylic acids is 1. The molecule has 1 aromatic heterocycles. The number of pyridine rings is 1. The lowest BCUT2D eigenvalue weighted by atomic mass is 10.2. The minimum absolute atomic E-state index is 0.0864. The molecule has 0 radical (unpaired) electrons. The number of benzene rings is 2. The van der Waals surface area contributed by atoms with E-state index in [2.05, 4.69) is 15.6 Å². The van der Waals surface area contributed by atoms with Crippen LogP contribution >= 0.6 is 0 Å². The number of nitrogens with one attached hydrogen (secondary N) is 3. The molecule has 0 spiro atoms. The van der Waals surface area contributed by atoms with Crippen molar-refractivity contribution in [3.63, 3.8) is 0 Å². The van der Waals surface area contributed by atoms with Crippen molar-refractivity contribution in [2.45, 2.75) is 0 Å². The smallest absolute Gasteiger partial charge is 0.323 e. The Kier molecular flexibility index (Phi) is 4.74. The molecule has 134 valence electrons. The van der Waals surface area contributed by atoms with E-state index in [4.69, 9.17) is 9.47 Å². The molecular weight excluding hydrogens is 341 g/mol. The van der Waals surface area contributed by atoms with Crippen LogP contribution < -0.4 is 25.7 Å². The summed E-state index contributed by atoms with van der Waals surface area (Å²) in [7, 11) is 3.00. The summed E-state index contributed by atoms with van der Waals surface area (Å²) in [5.74, 6) is 0.358. The predicted octanol–water partition coefficient (Wildman–Crippen LogP) is 3.33. The zero-order chi connectivity index (χ0) is 18.7. The maximum Gasteiger partial charge on any atom is 0.323 e. The van der Waals surface area contributed by atoms with Gasteiger partial charge in [0.1, 0.15) is 5.82 Å². The van der Waals surface area contributed by atoms with Gasteiger partial charge in [-0.15, -0.1) is 0 Å². The van der Waals surface area contributed by atoms with Crippen molar-refractivity contribution >= 4 is 28.3 Å². The number of fused-ring (bicyclic) bond motifs is 1. The van der Waals surface area contributed by atoms with Gasteiger partial charge in [-0.2, -0.15) is 0 Å². The highest BCUT2D eigenvalue weighted by Crippen LogP contribution is 2.29. The third kappa shape index (κ3) is 3.59. The quantitative estimate of drug-likeness (QED) is 0.668. The molecule has 8 heteroatoms. The molecule has 0 saturated heterocycles. The first-order valence-electron chi connectivity index (χ1n) is 7.63. The monoisotopic (exact) mass is 357 g/mol. The fourth-order valence-electron chi connectivity index (χ4n) is 2.50. The van der Waals surface area contributed by atoms with Gasteiger partial charge in [0.05, 0.1) is 19.7 Å². The number of aromatic amines is 1. The van der Waals surface area contributed by atoms with Gasteiger partial charge in [-0.1, -0.05) is 0 Å². The van der Waals surface area contributed by atoms with E-state index in [0.29, 0.717) is 22.6 Å². The van der Waals surface area contributed by atoms with Crippen LogP contribution in [-0.4, -0.2) is 25.2 Å². The maximum atomic E-state index is 14.1. The molecule has 26 heavy (non-hydrogen) atoms. The van der Waals surface area contributed by atoms with Crippen molar-refractivity contribution in [1.82, 2.24) is 4.98 Å². The normalized spacial score (nSPS) is 10.4. The predicted molar refractivity (Wildman–Crippen MR) is 96.7 cm³/mol. The summed E-state index contributed by atoms with van der Waals surface area (Å²) in [4.78, 5) is 25.9. The van der Waals surface area contributed by atoms with Crippen LogP contribution in [0.3, 0.4) is 0 Å². The summed E-state index contributed by atoms with van der Waals surface area (Å²) < 4.78 is 24.4. The van der Waals surface area contributed by atoms with Crippen molar-refractivity contribution in [2.24, 2.45) is 0 Å². The molecule has 0 aliphatic rings. The number of anilines is 2. The van der Waals surface area contributed by atoms with Gasteiger partial charge in [-0.25, -0.2) is 9.18 Å². The molecule has 1 heterocycles. The van der Waals surface area contributed by atoms with Gasteiger partial charge >= 0.3 is 6.03 Å². The lowest BCUT2D eigenvalue weighted by molar-refractivity contribution is 0.262. The Morgan fingerprint density at radius 2 is 1.69 bits per heavy atom. The van der Waals surface area contributed by atoms with Crippen LogP contribution in [-0.2, 0) is 0 Å². The molecule has 3 N–H and O–H groups in total. The molecule has 0 aliphatic carbocycles. The van der Waals surface area contributed by atoms with Crippen LogP contribution in [0.4, 0.5) is 20.6 Å². The Hall–Kier alpha value is -3.55. The number of amides is 2. The Morgan fingerprint density at radius 1 is 0.962 bits per heavy atom. The first kappa shape index (κ1) is 17.3. The third-order valence-corrected chi connectivity index (χ3v) is 3.68. The molecule has 0 aliphatic heterocycles. The Bertz CT molecular complexity index is 1030. The molecule has 7 nitrogen and oxygen atoms in total. The van der Waals surface area contributed by atoms with Gasteiger partial charge in [-0.05, 0) is 30.3 Å². The topological polar surface area (TPSA) is 92.5 Å². The number of hydrogen-bond donors (Lipinski definition) is 3. The highest BCUT2D eigenvalue weighted by molar-refractivity contribution is 6.01. The number of aromatic nitrogens is 1. The number of rotatable bonds is 4. The van der Waals surface area contributed by atoms with Crippen molar-refractivity contribution < 1.29 is 18.7 Å². The first-order valence-corrected chi connectivity index (χ1v) is 7.63. The number of halogens is 1. The van der Waals surface area contributed by atoms with Crippen molar-refractivity contribution in [1.29, 1.82) is 0 Å². The van der Waals surface area contributed by atoms with Gasteiger partial charge in [0.2, 0.25) is 5.56 Å². The van der Waals surface area contributed by atoms with Crippen LogP contribution in [0, 0.1) is 5.82 Å². The van der Waals surface area contributed by atoms with E-state index in [-0.39, 0.29) is 11.2 Å². The fraction of sp³-hybridized carbons (Fsp3) is 0.111. The lowest BCUT2D eigenvalue weighted by Gasteiger charge is -2.12. The number of H-pyrrole nitrogens is 1. The second-order valence-corrected chi connectivity index (χ2v) is 5.39. The van der Waals surface area contributed by atoms with Gasteiger partial charge in [0, 0.05) is 28.9 Å². The van der Waals surface area contributed by atoms with E-state index in [0.717, 1.165) is 6.07 Å². The van der Waals surface area contributed by atoms with Crippen molar-refractivity contribution in [3.8, 4) is 11.5 Å². The van der Waals surface area contributed by atoms with Crippen LogP contribution in [0.1, 0.15) is 0 Å². The van der Waals surface area contributed by atoms with E-state index < -0.39 is 17.4 Å². The molecule has 3 aromatic rings. The molecule has 0 saturated carbocycles. The Morgan fingerprint density at radius 3 is 2.42 bits per heavy atom. The molecule has 2 amide bonds. The van der Waals surface area contributed by atoms with Crippen LogP contribution in [0.2, 0.25) is 0 Å². The lowest BCUT2D eigenvalue weighted by Crippen LogP contribution is -2.19. The average Bonchev–Trinajstić information content (AvgIpc) is 2.62.